The Morgan fingerprint density at radius 3 is 2.57 bits per heavy atom. The second-order valence-electron chi connectivity index (χ2n) is 5.21. The van der Waals surface area contributed by atoms with E-state index in [9.17, 15) is 22.8 Å². The number of nitrogens with zero attached hydrogens (tertiary/aromatic N) is 2. The molecule has 0 spiro atoms. The molecule has 2 fully saturated rings. The molecule has 10 heteroatoms. The Bertz CT molecular complexity index is 575. The lowest BCUT2D eigenvalue weighted by atomic mass is 10.0. The van der Waals surface area contributed by atoms with Crippen molar-refractivity contribution < 1.29 is 27.9 Å². The number of carbonyl (C=O) groups is 3. The summed E-state index contributed by atoms with van der Waals surface area (Å²) in [5.41, 5.74) is 0. The van der Waals surface area contributed by atoms with Crippen LogP contribution in [0.3, 0.4) is 0 Å². The number of piperidine rings is 1. The number of hydrogen-bond donors (Lipinski definition) is 2. The van der Waals surface area contributed by atoms with Crippen LogP contribution in [0.2, 0.25) is 0 Å². The van der Waals surface area contributed by atoms with Crippen LogP contribution < -0.4 is 4.72 Å². The first kappa shape index (κ1) is 15.9. The SMILES string of the molecule is CN1C(=O)CC(NS(=O)(=O)N2CCCC(C(=O)O)C2)C1=O. The van der Waals surface area contributed by atoms with Gasteiger partial charge in [-0.3, -0.25) is 19.3 Å². The fourth-order valence-corrected chi connectivity index (χ4v) is 3.90. The third-order valence-electron chi connectivity index (χ3n) is 3.75. The van der Waals surface area contributed by atoms with E-state index in [0.717, 1.165) is 9.21 Å². The molecular formula is C11H17N3O6S. The minimum atomic E-state index is -3.99. The van der Waals surface area contributed by atoms with E-state index in [0.29, 0.717) is 12.8 Å². The molecule has 0 aromatic heterocycles. The van der Waals surface area contributed by atoms with Crippen LogP contribution >= 0.6 is 0 Å². The monoisotopic (exact) mass is 319 g/mol. The molecule has 0 aromatic rings. The van der Waals surface area contributed by atoms with Gasteiger partial charge in [0.05, 0.1) is 12.3 Å². The van der Waals surface area contributed by atoms with Crippen LogP contribution in [0, 0.1) is 5.92 Å². The van der Waals surface area contributed by atoms with E-state index in [1.165, 1.54) is 7.05 Å². The third-order valence-corrected chi connectivity index (χ3v) is 5.34. The summed E-state index contributed by atoms with van der Waals surface area (Å²) >= 11 is 0. The Labute approximate surface area is 122 Å². The predicted octanol–water partition coefficient (Wildman–Crippen LogP) is -1.63. The number of hydrogen-bond acceptors (Lipinski definition) is 5. The van der Waals surface area contributed by atoms with Crippen molar-refractivity contribution in [3.8, 4) is 0 Å². The maximum Gasteiger partial charge on any atom is 0.307 e. The van der Waals surface area contributed by atoms with Crippen LogP contribution in [0.4, 0.5) is 0 Å². The summed E-state index contributed by atoms with van der Waals surface area (Å²) < 4.78 is 27.6. The van der Waals surface area contributed by atoms with Gasteiger partial charge < -0.3 is 5.11 Å². The van der Waals surface area contributed by atoms with Gasteiger partial charge in [0.15, 0.2) is 0 Å². The number of imide groups is 1. The van der Waals surface area contributed by atoms with E-state index in [1.807, 2.05) is 0 Å². The smallest absolute Gasteiger partial charge is 0.307 e. The van der Waals surface area contributed by atoms with E-state index < -0.39 is 40.0 Å². The van der Waals surface area contributed by atoms with Gasteiger partial charge in [0.25, 0.3) is 10.2 Å². The van der Waals surface area contributed by atoms with Crippen molar-refractivity contribution in [1.82, 2.24) is 13.9 Å². The molecule has 9 nitrogen and oxygen atoms in total. The number of amides is 2. The minimum Gasteiger partial charge on any atom is -0.481 e. The summed E-state index contributed by atoms with van der Waals surface area (Å²) in [7, 11) is -2.70. The first-order valence-electron chi connectivity index (χ1n) is 6.53. The average molecular weight is 319 g/mol. The van der Waals surface area contributed by atoms with E-state index in [-0.39, 0.29) is 19.5 Å². The first-order valence-corrected chi connectivity index (χ1v) is 7.97. The van der Waals surface area contributed by atoms with Crippen LogP contribution in [0.25, 0.3) is 0 Å². The van der Waals surface area contributed by atoms with Gasteiger partial charge in [0, 0.05) is 20.1 Å². The van der Waals surface area contributed by atoms with Crippen molar-refractivity contribution in [2.75, 3.05) is 20.1 Å². The number of carbonyl (C=O) groups excluding carboxylic acids is 2. The zero-order chi connectivity index (χ0) is 15.8. The van der Waals surface area contributed by atoms with Gasteiger partial charge in [-0.1, -0.05) is 0 Å². The van der Waals surface area contributed by atoms with Gasteiger partial charge in [-0.25, -0.2) is 0 Å². The summed E-state index contributed by atoms with van der Waals surface area (Å²) in [6.45, 7) is 0.0686. The zero-order valence-electron chi connectivity index (χ0n) is 11.5. The van der Waals surface area contributed by atoms with Crippen molar-refractivity contribution >= 4 is 28.0 Å². The van der Waals surface area contributed by atoms with Crippen LogP contribution in [0.1, 0.15) is 19.3 Å². The Balaban J connectivity index is 2.07. The highest BCUT2D eigenvalue weighted by Crippen LogP contribution is 2.20. The number of carboxylic acids is 1. The van der Waals surface area contributed by atoms with Crippen molar-refractivity contribution in [2.24, 2.45) is 5.92 Å². The average Bonchev–Trinajstić information content (AvgIpc) is 2.66. The number of rotatable bonds is 4. The Kier molecular flexibility index (Phi) is 4.30. The molecule has 0 saturated carbocycles. The molecule has 2 heterocycles. The molecule has 21 heavy (non-hydrogen) atoms. The predicted molar refractivity (Wildman–Crippen MR) is 70.2 cm³/mol. The summed E-state index contributed by atoms with van der Waals surface area (Å²) in [5, 5.41) is 8.97. The molecule has 2 atom stereocenters. The standard InChI is InChI=1S/C11H17N3O6S/c1-13-9(15)5-8(10(13)16)12-21(19,20)14-4-2-3-7(6-14)11(17)18/h7-8,12H,2-6H2,1H3,(H,17,18). The van der Waals surface area contributed by atoms with Crippen molar-refractivity contribution in [3.05, 3.63) is 0 Å². The van der Waals surface area contributed by atoms with Gasteiger partial charge in [0.2, 0.25) is 11.8 Å². The molecule has 2 N–H and O–H groups in total. The highest BCUT2D eigenvalue weighted by molar-refractivity contribution is 7.87. The normalized spacial score (nSPS) is 28.1. The summed E-state index contributed by atoms with van der Waals surface area (Å²) in [5.74, 6) is -2.84. The summed E-state index contributed by atoms with van der Waals surface area (Å²) in [6.07, 6.45) is 0.644. The fraction of sp³-hybridized carbons (Fsp3) is 0.727. The molecule has 0 radical (unpaired) electrons. The molecule has 2 aliphatic rings. The molecule has 2 saturated heterocycles. The van der Waals surface area contributed by atoms with Crippen LogP contribution in [-0.2, 0) is 24.6 Å². The van der Waals surface area contributed by atoms with Crippen molar-refractivity contribution in [2.45, 2.75) is 25.3 Å². The Morgan fingerprint density at radius 2 is 2.05 bits per heavy atom. The van der Waals surface area contributed by atoms with Crippen LogP contribution in [-0.4, -0.2) is 66.7 Å². The molecule has 0 aromatic carbocycles. The van der Waals surface area contributed by atoms with Gasteiger partial charge in [0.1, 0.15) is 6.04 Å². The molecule has 2 rings (SSSR count). The maximum atomic E-state index is 12.2. The van der Waals surface area contributed by atoms with E-state index >= 15 is 0 Å². The molecule has 0 aliphatic carbocycles. The topological polar surface area (TPSA) is 124 Å². The maximum absolute atomic E-state index is 12.2. The third kappa shape index (κ3) is 3.22. The zero-order valence-corrected chi connectivity index (χ0v) is 12.3. The van der Waals surface area contributed by atoms with Crippen LogP contribution in [0.5, 0.6) is 0 Å². The molecular weight excluding hydrogens is 302 g/mol. The van der Waals surface area contributed by atoms with E-state index in [4.69, 9.17) is 5.11 Å². The lowest BCUT2D eigenvalue weighted by molar-refractivity contribution is -0.143. The van der Waals surface area contributed by atoms with Crippen molar-refractivity contribution in [3.63, 3.8) is 0 Å². The number of likely N-dealkylation sites (tertiary alicyclic amines) is 1. The van der Waals surface area contributed by atoms with Gasteiger partial charge in [-0.2, -0.15) is 17.4 Å². The van der Waals surface area contributed by atoms with Gasteiger partial charge in [-0.15, -0.1) is 0 Å². The highest BCUT2D eigenvalue weighted by atomic mass is 32.2. The number of carboxylic acid groups (broad SMARTS) is 1. The Hall–Kier alpha value is -1.52. The Morgan fingerprint density at radius 1 is 1.38 bits per heavy atom. The molecule has 0 bridgehead atoms. The molecule has 2 unspecified atom stereocenters. The minimum absolute atomic E-state index is 0.130. The summed E-state index contributed by atoms with van der Waals surface area (Å²) in [6, 6.07) is -1.11. The molecule has 118 valence electrons. The van der Waals surface area contributed by atoms with Gasteiger partial charge >= 0.3 is 5.97 Å². The van der Waals surface area contributed by atoms with Gasteiger partial charge in [-0.05, 0) is 12.8 Å². The molecule has 2 amide bonds. The largest absolute Gasteiger partial charge is 0.481 e. The van der Waals surface area contributed by atoms with Crippen molar-refractivity contribution in [1.29, 1.82) is 0 Å². The molecule has 2 aliphatic heterocycles. The highest BCUT2D eigenvalue weighted by Gasteiger charge is 2.41. The number of likely N-dealkylation sites (N-methyl/N-ethyl adjacent to an activating group) is 1. The second-order valence-corrected chi connectivity index (χ2v) is 6.91. The summed E-state index contributed by atoms with van der Waals surface area (Å²) in [4.78, 5) is 34.9. The first-order chi connectivity index (χ1) is 9.72. The quantitative estimate of drug-likeness (QED) is 0.600. The second kappa shape index (κ2) is 5.70. The lowest BCUT2D eigenvalue weighted by Crippen LogP contribution is -2.51. The van der Waals surface area contributed by atoms with Crippen LogP contribution in [0.15, 0.2) is 0 Å². The number of aliphatic carboxylic acids is 1. The van der Waals surface area contributed by atoms with E-state index in [2.05, 4.69) is 4.72 Å². The fourth-order valence-electron chi connectivity index (χ4n) is 2.46. The van der Waals surface area contributed by atoms with E-state index in [1.54, 1.807) is 0 Å². The lowest BCUT2D eigenvalue weighted by Gasteiger charge is -2.30. The number of nitrogens with one attached hydrogen (secondary N) is 1.